The van der Waals surface area contributed by atoms with E-state index < -0.39 is 0 Å². The van der Waals surface area contributed by atoms with Gasteiger partial charge in [-0.25, -0.2) is 0 Å². The van der Waals surface area contributed by atoms with Gasteiger partial charge in [-0.3, -0.25) is 4.79 Å². The maximum atomic E-state index is 12.0. The van der Waals surface area contributed by atoms with Crippen molar-refractivity contribution in [1.82, 2.24) is 0 Å². The minimum absolute atomic E-state index is 0.252. The zero-order valence-electron chi connectivity index (χ0n) is 14.0. The molecule has 2 aliphatic rings. The number of hydrogen-bond donors (Lipinski definition) is 0. The van der Waals surface area contributed by atoms with Crippen LogP contribution in [0.1, 0.15) is 45.1 Å². The highest BCUT2D eigenvalue weighted by Crippen LogP contribution is 2.41. The Balaban J connectivity index is 2.01. The molecule has 1 unspecified atom stereocenters. The fraction of sp³-hybridized carbons (Fsp3) is 0.381. The molecule has 0 N–H and O–H groups in total. The van der Waals surface area contributed by atoms with Gasteiger partial charge in [0, 0.05) is 17.9 Å². The fourth-order valence-electron chi connectivity index (χ4n) is 3.50. The van der Waals surface area contributed by atoms with Crippen molar-refractivity contribution in [2.45, 2.75) is 39.5 Å². The standard InChI is InChI=1S/C21H24O2/c1-14(2)19-13-23-21(16-8-5-4-6-9-16)18(19)12-17-10-7-11-20(22)15(17)3/h4-6,8-9,19H,1,7,10-13H2,2-3H3. The van der Waals surface area contributed by atoms with Crippen LogP contribution in [0.25, 0.3) is 5.76 Å². The van der Waals surface area contributed by atoms with E-state index in [9.17, 15) is 4.79 Å². The number of rotatable bonds is 4. The minimum atomic E-state index is 0.252. The van der Waals surface area contributed by atoms with Crippen molar-refractivity contribution < 1.29 is 9.53 Å². The molecule has 1 aromatic carbocycles. The number of hydrogen-bond acceptors (Lipinski definition) is 2. The molecule has 3 rings (SSSR count). The highest BCUT2D eigenvalue weighted by Gasteiger charge is 2.30. The first-order valence-electron chi connectivity index (χ1n) is 8.36. The summed E-state index contributed by atoms with van der Waals surface area (Å²) in [4.78, 5) is 12.0. The lowest BCUT2D eigenvalue weighted by Crippen LogP contribution is -2.12. The van der Waals surface area contributed by atoms with Crippen molar-refractivity contribution in [3.05, 3.63) is 64.8 Å². The number of allylic oxidation sites excluding steroid dienone is 2. The molecule has 1 aliphatic heterocycles. The summed E-state index contributed by atoms with van der Waals surface area (Å²) in [5.74, 6) is 1.54. The molecule has 0 spiro atoms. The molecule has 0 fully saturated rings. The van der Waals surface area contributed by atoms with Gasteiger partial charge in [-0.2, -0.15) is 0 Å². The predicted octanol–water partition coefficient (Wildman–Crippen LogP) is 5.08. The van der Waals surface area contributed by atoms with Crippen molar-refractivity contribution in [2.24, 2.45) is 5.92 Å². The van der Waals surface area contributed by atoms with Crippen LogP contribution in [-0.4, -0.2) is 12.4 Å². The summed E-state index contributed by atoms with van der Waals surface area (Å²) in [7, 11) is 0. The van der Waals surface area contributed by atoms with Gasteiger partial charge >= 0.3 is 0 Å². The predicted molar refractivity (Wildman–Crippen MR) is 93.8 cm³/mol. The summed E-state index contributed by atoms with van der Waals surface area (Å²) in [5, 5.41) is 0. The third kappa shape index (κ3) is 3.17. The van der Waals surface area contributed by atoms with E-state index in [4.69, 9.17) is 4.74 Å². The number of Topliss-reactive ketones (excluding diaryl/α,β-unsaturated/α-hetero) is 1. The molecular weight excluding hydrogens is 284 g/mol. The Morgan fingerprint density at radius 2 is 2.00 bits per heavy atom. The van der Waals surface area contributed by atoms with Crippen LogP contribution in [0.15, 0.2) is 59.2 Å². The highest BCUT2D eigenvalue weighted by molar-refractivity contribution is 5.96. The Labute approximate surface area is 138 Å². The van der Waals surface area contributed by atoms with E-state index in [0.29, 0.717) is 18.8 Å². The molecule has 1 atom stereocenters. The number of ketones is 1. The van der Waals surface area contributed by atoms with Gasteiger partial charge in [-0.1, -0.05) is 48.1 Å². The maximum absolute atomic E-state index is 12.0. The molecule has 0 bridgehead atoms. The van der Waals surface area contributed by atoms with Gasteiger partial charge in [0.05, 0.1) is 6.61 Å². The van der Waals surface area contributed by atoms with E-state index in [0.717, 1.165) is 41.7 Å². The van der Waals surface area contributed by atoms with Gasteiger partial charge in [0.2, 0.25) is 0 Å². The molecule has 2 nitrogen and oxygen atoms in total. The fourth-order valence-corrected chi connectivity index (χ4v) is 3.50. The van der Waals surface area contributed by atoms with Crippen LogP contribution < -0.4 is 0 Å². The van der Waals surface area contributed by atoms with Gasteiger partial charge < -0.3 is 4.74 Å². The zero-order valence-corrected chi connectivity index (χ0v) is 14.0. The molecule has 1 aromatic rings. The molecule has 0 amide bonds. The van der Waals surface area contributed by atoms with Gasteiger partial charge in [-0.15, -0.1) is 0 Å². The Bertz CT molecular complexity index is 692. The van der Waals surface area contributed by atoms with Crippen LogP contribution in [0.3, 0.4) is 0 Å². The Morgan fingerprint density at radius 1 is 1.26 bits per heavy atom. The molecule has 120 valence electrons. The molecule has 23 heavy (non-hydrogen) atoms. The lowest BCUT2D eigenvalue weighted by molar-refractivity contribution is -0.116. The van der Waals surface area contributed by atoms with Crippen LogP contribution in [0.2, 0.25) is 0 Å². The van der Waals surface area contributed by atoms with E-state index in [2.05, 4.69) is 25.6 Å². The molecule has 0 radical (unpaired) electrons. The van der Waals surface area contributed by atoms with E-state index >= 15 is 0 Å². The molecule has 1 heterocycles. The minimum Gasteiger partial charge on any atom is -0.492 e. The maximum Gasteiger partial charge on any atom is 0.158 e. The summed E-state index contributed by atoms with van der Waals surface area (Å²) < 4.78 is 6.04. The first kappa shape index (κ1) is 15.8. The van der Waals surface area contributed by atoms with E-state index in [1.807, 2.05) is 25.1 Å². The second-order valence-electron chi connectivity index (χ2n) is 6.61. The lowest BCUT2D eigenvalue weighted by atomic mass is 9.82. The third-order valence-electron chi connectivity index (χ3n) is 4.97. The van der Waals surface area contributed by atoms with Crippen molar-refractivity contribution in [2.75, 3.05) is 6.61 Å². The molecular formula is C21H24O2. The first-order chi connectivity index (χ1) is 11.1. The van der Waals surface area contributed by atoms with Crippen LogP contribution in [0, 0.1) is 5.92 Å². The van der Waals surface area contributed by atoms with Crippen LogP contribution in [0.4, 0.5) is 0 Å². The molecule has 2 heteroatoms. The van der Waals surface area contributed by atoms with E-state index in [1.165, 1.54) is 11.1 Å². The summed E-state index contributed by atoms with van der Waals surface area (Å²) in [6.07, 6.45) is 3.52. The smallest absolute Gasteiger partial charge is 0.158 e. The lowest BCUT2D eigenvalue weighted by Gasteiger charge is -2.20. The van der Waals surface area contributed by atoms with Gasteiger partial charge in [0.25, 0.3) is 0 Å². The SMILES string of the molecule is C=C(C)C1COC(c2ccccc2)=C1CC1=C(C)C(=O)CCC1. The number of benzene rings is 1. The topological polar surface area (TPSA) is 26.3 Å². The van der Waals surface area contributed by atoms with E-state index in [1.54, 1.807) is 0 Å². The largest absolute Gasteiger partial charge is 0.492 e. The van der Waals surface area contributed by atoms with Gasteiger partial charge in [0.15, 0.2) is 5.78 Å². The van der Waals surface area contributed by atoms with Crippen molar-refractivity contribution >= 4 is 11.5 Å². The van der Waals surface area contributed by atoms with Crippen molar-refractivity contribution in [3.63, 3.8) is 0 Å². The second kappa shape index (κ2) is 6.57. The Morgan fingerprint density at radius 3 is 2.70 bits per heavy atom. The normalized spacial score (nSPS) is 21.7. The number of carbonyl (C=O) groups excluding carboxylic acids is 1. The molecule has 0 aromatic heterocycles. The molecule has 0 saturated heterocycles. The average molecular weight is 308 g/mol. The Hall–Kier alpha value is -2.09. The second-order valence-corrected chi connectivity index (χ2v) is 6.61. The van der Waals surface area contributed by atoms with Gasteiger partial charge in [-0.05, 0) is 44.3 Å². The van der Waals surface area contributed by atoms with Crippen molar-refractivity contribution in [3.8, 4) is 0 Å². The number of carbonyl (C=O) groups is 1. The monoisotopic (exact) mass is 308 g/mol. The quantitative estimate of drug-likeness (QED) is 0.725. The van der Waals surface area contributed by atoms with Crippen molar-refractivity contribution in [1.29, 1.82) is 0 Å². The molecule has 0 saturated carbocycles. The first-order valence-corrected chi connectivity index (χ1v) is 8.36. The van der Waals surface area contributed by atoms with Crippen LogP contribution in [-0.2, 0) is 9.53 Å². The Kier molecular flexibility index (Phi) is 4.51. The number of ether oxygens (including phenoxy) is 1. The zero-order chi connectivity index (χ0) is 16.4. The highest BCUT2D eigenvalue weighted by atomic mass is 16.5. The summed E-state index contributed by atoms with van der Waals surface area (Å²) in [6.45, 7) is 8.85. The molecule has 1 aliphatic carbocycles. The summed E-state index contributed by atoms with van der Waals surface area (Å²) in [6, 6.07) is 10.3. The van der Waals surface area contributed by atoms with Crippen LogP contribution in [0.5, 0.6) is 0 Å². The van der Waals surface area contributed by atoms with Gasteiger partial charge in [0.1, 0.15) is 5.76 Å². The third-order valence-corrected chi connectivity index (χ3v) is 4.97. The average Bonchev–Trinajstić information content (AvgIpc) is 2.96. The van der Waals surface area contributed by atoms with Crippen LogP contribution >= 0.6 is 0 Å². The summed E-state index contributed by atoms with van der Waals surface area (Å²) in [5.41, 5.74) is 5.77. The summed E-state index contributed by atoms with van der Waals surface area (Å²) >= 11 is 0. The van der Waals surface area contributed by atoms with E-state index in [-0.39, 0.29) is 5.92 Å².